The number of hydrogen-bond donors (Lipinski definition) is 2. The first-order valence-electron chi connectivity index (χ1n) is 6.77. The van der Waals surface area contributed by atoms with Gasteiger partial charge in [-0.2, -0.15) is 0 Å². The molecule has 0 aliphatic carbocycles. The molecule has 3 aromatic rings. The predicted octanol–water partition coefficient (Wildman–Crippen LogP) is 4.07. The van der Waals surface area contributed by atoms with E-state index in [4.69, 9.17) is 17.4 Å². The van der Waals surface area contributed by atoms with Gasteiger partial charge in [0.25, 0.3) is 0 Å². The molecule has 0 aliphatic heterocycles. The summed E-state index contributed by atoms with van der Waals surface area (Å²) in [5, 5.41) is 1.79. The molecule has 1 aromatic heterocycles. The zero-order chi connectivity index (χ0) is 14.8. The van der Waals surface area contributed by atoms with Crippen molar-refractivity contribution in [3.8, 4) is 0 Å². The van der Waals surface area contributed by atoms with Gasteiger partial charge in [-0.15, -0.1) is 0 Å². The van der Waals surface area contributed by atoms with E-state index in [1.165, 1.54) is 5.56 Å². The number of aryl methyl sites for hydroxylation is 1. The number of hydrogen-bond acceptors (Lipinski definition) is 3. The Balaban J connectivity index is 2.10. The van der Waals surface area contributed by atoms with Crippen LogP contribution in [0.1, 0.15) is 16.7 Å². The Morgan fingerprint density at radius 2 is 1.90 bits per heavy atom. The number of anilines is 1. The van der Waals surface area contributed by atoms with Gasteiger partial charge in [-0.05, 0) is 36.2 Å². The number of nitrogens with zero attached hydrogens (tertiary/aromatic N) is 1. The van der Waals surface area contributed by atoms with Gasteiger partial charge < -0.3 is 5.43 Å². The summed E-state index contributed by atoms with van der Waals surface area (Å²) >= 11 is 6.16. The minimum absolute atomic E-state index is 0.686. The van der Waals surface area contributed by atoms with Crippen LogP contribution in [-0.4, -0.2) is 4.98 Å². The molecule has 0 fully saturated rings. The zero-order valence-corrected chi connectivity index (χ0v) is 12.5. The van der Waals surface area contributed by atoms with Gasteiger partial charge in [0.1, 0.15) is 5.82 Å². The molecule has 0 radical (unpaired) electrons. The van der Waals surface area contributed by atoms with Gasteiger partial charge in [0.05, 0.1) is 5.52 Å². The maximum absolute atomic E-state index is 6.16. The maximum atomic E-state index is 6.16. The first-order chi connectivity index (χ1) is 10.2. The lowest BCUT2D eigenvalue weighted by Gasteiger charge is -2.11. The van der Waals surface area contributed by atoms with Gasteiger partial charge in [-0.1, -0.05) is 41.9 Å². The van der Waals surface area contributed by atoms with Crippen molar-refractivity contribution in [1.82, 2.24) is 4.98 Å². The van der Waals surface area contributed by atoms with E-state index in [9.17, 15) is 0 Å². The lowest BCUT2D eigenvalue weighted by atomic mass is 10.0. The molecule has 1 heterocycles. The molecule has 106 valence electrons. The largest absolute Gasteiger partial charge is 0.308 e. The number of nitrogens with one attached hydrogen (secondary N) is 1. The molecule has 3 nitrogen and oxygen atoms in total. The van der Waals surface area contributed by atoms with E-state index in [-0.39, 0.29) is 0 Å². The van der Waals surface area contributed by atoms with E-state index in [1.54, 1.807) is 0 Å². The fourth-order valence-electron chi connectivity index (χ4n) is 2.43. The molecule has 0 unspecified atom stereocenters. The average Bonchev–Trinajstić information content (AvgIpc) is 2.49. The van der Waals surface area contributed by atoms with Crippen molar-refractivity contribution < 1.29 is 0 Å². The van der Waals surface area contributed by atoms with Crippen LogP contribution < -0.4 is 11.3 Å². The standard InChI is InChI=1S/C17H16ClN3/c1-11-7-13-9-14(8-12-5-3-2-4-6-12)17(21-19)20-16(13)10-15(11)18/h2-7,9-10H,8,19H2,1H3,(H,20,21). The Kier molecular flexibility index (Phi) is 3.78. The third kappa shape index (κ3) is 2.84. The van der Waals surface area contributed by atoms with Crippen LogP contribution in [0, 0.1) is 6.92 Å². The molecular formula is C17H16ClN3. The maximum Gasteiger partial charge on any atom is 0.144 e. The number of fused-ring (bicyclic) bond motifs is 1. The Morgan fingerprint density at radius 1 is 1.14 bits per heavy atom. The van der Waals surface area contributed by atoms with Crippen molar-refractivity contribution in [1.29, 1.82) is 0 Å². The number of halogens is 1. The van der Waals surface area contributed by atoms with E-state index in [1.807, 2.05) is 31.2 Å². The fraction of sp³-hybridized carbons (Fsp3) is 0.118. The summed E-state index contributed by atoms with van der Waals surface area (Å²) in [4.78, 5) is 4.57. The van der Waals surface area contributed by atoms with Gasteiger partial charge in [0.15, 0.2) is 0 Å². The molecule has 0 saturated heterocycles. The van der Waals surface area contributed by atoms with E-state index < -0.39 is 0 Å². The summed E-state index contributed by atoms with van der Waals surface area (Å²) in [6.45, 7) is 1.99. The van der Waals surface area contributed by atoms with E-state index in [0.29, 0.717) is 10.8 Å². The van der Waals surface area contributed by atoms with Crippen LogP contribution in [0.4, 0.5) is 5.82 Å². The molecule has 2 aromatic carbocycles. The second kappa shape index (κ2) is 5.72. The quantitative estimate of drug-likeness (QED) is 0.566. The van der Waals surface area contributed by atoms with Crippen molar-refractivity contribution in [2.45, 2.75) is 13.3 Å². The fourth-order valence-corrected chi connectivity index (χ4v) is 2.59. The molecule has 3 rings (SSSR count). The Hall–Kier alpha value is -2.10. The minimum Gasteiger partial charge on any atom is -0.308 e. The second-order valence-electron chi connectivity index (χ2n) is 5.10. The zero-order valence-electron chi connectivity index (χ0n) is 11.7. The van der Waals surface area contributed by atoms with Crippen LogP contribution in [0.15, 0.2) is 48.5 Å². The van der Waals surface area contributed by atoms with Crippen LogP contribution in [-0.2, 0) is 6.42 Å². The first-order valence-corrected chi connectivity index (χ1v) is 7.15. The molecule has 0 saturated carbocycles. The highest BCUT2D eigenvalue weighted by molar-refractivity contribution is 6.32. The number of nitrogens with two attached hydrogens (primary N) is 1. The third-order valence-electron chi connectivity index (χ3n) is 3.55. The van der Waals surface area contributed by atoms with Crippen LogP contribution in [0.25, 0.3) is 10.9 Å². The highest BCUT2D eigenvalue weighted by Gasteiger charge is 2.08. The number of hydrazine groups is 1. The van der Waals surface area contributed by atoms with Crippen LogP contribution >= 0.6 is 11.6 Å². The molecule has 0 aliphatic rings. The molecule has 0 amide bonds. The number of nitrogen functional groups attached to an aromatic ring is 1. The monoisotopic (exact) mass is 297 g/mol. The Labute approximate surface area is 128 Å². The van der Waals surface area contributed by atoms with Crippen molar-refractivity contribution in [2.75, 3.05) is 5.43 Å². The number of pyridine rings is 1. The van der Waals surface area contributed by atoms with Crippen molar-refractivity contribution in [3.63, 3.8) is 0 Å². The van der Waals surface area contributed by atoms with E-state index >= 15 is 0 Å². The van der Waals surface area contributed by atoms with Crippen molar-refractivity contribution in [2.24, 2.45) is 5.84 Å². The minimum atomic E-state index is 0.686. The summed E-state index contributed by atoms with van der Waals surface area (Å²) in [5.74, 6) is 6.30. The lowest BCUT2D eigenvalue weighted by Crippen LogP contribution is -2.11. The molecule has 3 N–H and O–H groups in total. The SMILES string of the molecule is Cc1cc2cc(Cc3ccccc3)c(NN)nc2cc1Cl. The van der Waals surface area contributed by atoms with Crippen molar-refractivity contribution in [3.05, 3.63) is 70.2 Å². The molecule has 21 heavy (non-hydrogen) atoms. The van der Waals surface area contributed by atoms with E-state index in [2.05, 4.69) is 34.7 Å². The third-order valence-corrected chi connectivity index (χ3v) is 3.96. The normalized spacial score (nSPS) is 10.8. The summed E-state index contributed by atoms with van der Waals surface area (Å²) in [5.41, 5.74) is 6.87. The summed E-state index contributed by atoms with van der Waals surface area (Å²) < 4.78 is 0. The molecule has 0 spiro atoms. The molecule has 0 bridgehead atoms. The molecule has 4 heteroatoms. The lowest BCUT2D eigenvalue weighted by molar-refractivity contribution is 1.14. The number of rotatable bonds is 3. The average molecular weight is 298 g/mol. The second-order valence-corrected chi connectivity index (χ2v) is 5.50. The summed E-state index contributed by atoms with van der Waals surface area (Å²) in [6, 6.07) is 16.3. The van der Waals surface area contributed by atoms with Gasteiger partial charge >= 0.3 is 0 Å². The van der Waals surface area contributed by atoms with Crippen molar-refractivity contribution >= 4 is 28.3 Å². The first kappa shape index (κ1) is 13.9. The number of benzene rings is 2. The van der Waals surface area contributed by atoms with Gasteiger partial charge in [0, 0.05) is 22.4 Å². The Bertz CT molecular complexity index is 785. The smallest absolute Gasteiger partial charge is 0.144 e. The van der Waals surface area contributed by atoms with Crippen LogP contribution in [0.3, 0.4) is 0 Å². The highest BCUT2D eigenvalue weighted by Crippen LogP contribution is 2.27. The highest BCUT2D eigenvalue weighted by atomic mass is 35.5. The molecular weight excluding hydrogens is 282 g/mol. The summed E-state index contributed by atoms with van der Waals surface area (Å²) in [7, 11) is 0. The Morgan fingerprint density at radius 3 is 2.62 bits per heavy atom. The predicted molar refractivity (Wildman–Crippen MR) is 88.5 cm³/mol. The summed E-state index contributed by atoms with van der Waals surface area (Å²) in [6.07, 6.45) is 0.783. The van der Waals surface area contributed by atoms with Crippen LogP contribution in [0.2, 0.25) is 5.02 Å². The van der Waals surface area contributed by atoms with Gasteiger partial charge in [0.2, 0.25) is 0 Å². The molecule has 0 atom stereocenters. The number of aromatic nitrogens is 1. The van der Waals surface area contributed by atoms with Gasteiger partial charge in [-0.3, -0.25) is 0 Å². The van der Waals surface area contributed by atoms with Crippen LogP contribution in [0.5, 0.6) is 0 Å². The van der Waals surface area contributed by atoms with Gasteiger partial charge in [-0.25, -0.2) is 10.8 Å². The van der Waals surface area contributed by atoms with E-state index in [0.717, 1.165) is 28.5 Å². The topological polar surface area (TPSA) is 50.9 Å².